The second-order valence-corrected chi connectivity index (χ2v) is 2.98. The van der Waals surface area contributed by atoms with Gasteiger partial charge in [-0.3, -0.25) is 9.59 Å². The molecule has 0 aromatic carbocycles. The first-order valence-corrected chi connectivity index (χ1v) is 3.90. The molecule has 0 amide bonds. The third-order valence-electron chi connectivity index (χ3n) is 2.08. The van der Waals surface area contributed by atoms with Crippen molar-refractivity contribution in [1.82, 2.24) is 0 Å². The van der Waals surface area contributed by atoms with Crippen molar-refractivity contribution in [2.75, 3.05) is 0 Å². The molecule has 0 radical (unpaired) electrons. The van der Waals surface area contributed by atoms with Gasteiger partial charge in [-0.25, -0.2) is 0 Å². The van der Waals surface area contributed by atoms with Gasteiger partial charge in [-0.15, -0.1) is 0 Å². The van der Waals surface area contributed by atoms with Gasteiger partial charge in [0.2, 0.25) is 11.6 Å². The first-order chi connectivity index (χ1) is 5.77. The van der Waals surface area contributed by atoms with Crippen LogP contribution in [0.2, 0.25) is 0 Å². The molecule has 0 aromatic rings. The number of hydrogen-bond acceptors (Lipinski definition) is 2. The highest BCUT2D eigenvalue weighted by molar-refractivity contribution is 6.40. The number of fused-ring (bicyclic) bond motifs is 1. The van der Waals surface area contributed by atoms with E-state index in [1.807, 2.05) is 24.3 Å². The Morgan fingerprint density at radius 3 is 2.92 bits per heavy atom. The fraction of sp³-hybridized carbons (Fsp3) is 0.200. The van der Waals surface area contributed by atoms with Gasteiger partial charge < -0.3 is 0 Å². The van der Waals surface area contributed by atoms with Crippen LogP contribution in [0.3, 0.4) is 0 Å². The largest absolute Gasteiger partial charge is 0.290 e. The SMILES string of the molecule is O=C1CC2=CC(C=CC=C2)C1=O. The molecular formula is C10H8O2. The van der Waals surface area contributed by atoms with Crippen molar-refractivity contribution in [3.8, 4) is 0 Å². The van der Waals surface area contributed by atoms with Crippen LogP contribution in [0, 0.1) is 5.92 Å². The molecule has 1 atom stereocenters. The quantitative estimate of drug-likeness (QED) is 0.499. The summed E-state index contributed by atoms with van der Waals surface area (Å²) in [5.41, 5.74) is 0.953. The molecule has 0 saturated carbocycles. The monoisotopic (exact) mass is 160 g/mol. The number of hydrogen-bond donors (Lipinski definition) is 0. The van der Waals surface area contributed by atoms with E-state index in [1.165, 1.54) is 0 Å². The van der Waals surface area contributed by atoms with E-state index in [0.717, 1.165) is 5.57 Å². The van der Waals surface area contributed by atoms with E-state index in [4.69, 9.17) is 0 Å². The van der Waals surface area contributed by atoms with Crippen molar-refractivity contribution in [2.45, 2.75) is 6.42 Å². The first-order valence-electron chi connectivity index (χ1n) is 3.90. The fourth-order valence-corrected chi connectivity index (χ4v) is 1.44. The Kier molecular flexibility index (Phi) is 1.54. The predicted octanol–water partition coefficient (Wildman–Crippen LogP) is 1.20. The molecule has 2 heteroatoms. The molecule has 0 heterocycles. The van der Waals surface area contributed by atoms with E-state index in [9.17, 15) is 9.59 Å². The van der Waals surface area contributed by atoms with Crippen LogP contribution in [0.5, 0.6) is 0 Å². The number of carbonyl (C=O) groups excluding carboxylic acids is 2. The van der Waals surface area contributed by atoms with Crippen molar-refractivity contribution in [3.05, 3.63) is 36.0 Å². The molecule has 2 rings (SSSR count). The van der Waals surface area contributed by atoms with Gasteiger partial charge in [-0.2, -0.15) is 0 Å². The molecule has 2 bridgehead atoms. The van der Waals surface area contributed by atoms with Crippen LogP contribution >= 0.6 is 0 Å². The Labute approximate surface area is 70.3 Å². The molecule has 1 unspecified atom stereocenters. The molecule has 2 nitrogen and oxygen atoms in total. The lowest BCUT2D eigenvalue weighted by Crippen LogP contribution is -2.25. The zero-order valence-electron chi connectivity index (χ0n) is 6.49. The van der Waals surface area contributed by atoms with Crippen LogP contribution in [-0.2, 0) is 9.59 Å². The van der Waals surface area contributed by atoms with E-state index < -0.39 is 0 Å². The van der Waals surface area contributed by atoms with Gasteiger partial charge in [0.05, 0.1) is 5.92 Å². The molecule has 2 aliphatic carbocycles. The molecule has 12 heavy (non-hydrogen) atoms. The van der Waals surface area contributed by atoms with Gasteiger partial charge >= 0.3 is 0 Å². The number of Topliss-reactive ketones (excluding diaryl/α,β-unsaturated/α-hetero) is 2. The maximum Gasteiger partial charge on any atom is 0.209 e. The minimum absolute atomic E-state index is 0.270. The fourth-order valence-electron chi connectivity index (χ4n) is 1.44. The van der Waals surface area contributed by atoms with Gasteiger partial charge in [0.15, 0.2) is 0 Å². The van der Waals surface area contributed by atoms with Crippen molar-refractivity contribution in [3.63, 3.8) is 0 Å². The van der Waals surface area contributed by atoms with E-state index in [2.05, 4.69) is 0 Å². The van der Waals surface area contributed by atoms with Gasteiger partial charge in [-0.1, -0.05) is 30.4 Å². The molecule has 2 aliphatic rings. The van der Waals surface area contributed by atoms with Gasteiger partial charge in [-0.05, 0) is 5.57 Å². The smallest absolute Gasteiger partial charge is 0.209 e. The molecule has 0 aliphatic heterocycles. The lowest BCUT2D eigenvalue weighted by molar-refractivity contribution is -0.137. The second kappa shape index (κ2) is 2.55. The lowest BCUT2D eigenvalue weighted by Gasteiger charge is -2.12. The zero-order valence-corrected chi connectivity index (χ0v) is 6.49. The maximum absolute atomic E-state index is 11.2. The van der Waals surface area contributed by atoms with E-state index in [1.54, 1.807) is 6.08 Å². The summed E-state index contributed by atoms with van der Waals surface area (Å²) in [6.45, 7) is 0. The summed E-state index contributed by atoms with van der Waals surface area (Å²) in [6.07, 6.45) is 9.42. The summed E-state index contributed by atoms with van der Waals surface area (Å²) >= 11 is 0. The highest BCUT2D eigenvalue weighted by atomic mass is 16.2. The summed E-state index contributed by atoms with van der Waals surface area (Å²) in [6, 6.07) is 0. The molecule has 0 N–H and O–H groups in total. The maximum atomic E-state index is 11.2. The number of carbonyl (C=O) groups is 2. The summed E-state index contributed by atoms with van der Waals surface area (Å²) in [4.78, 5) is 22.3. The molecule has 0 spiro atoms. The number of rotatable bonds is 0. The molecular weight excluding hydrogens is 152 g/mol. The van der Waals surface area contributed by atoms with Crippen LogP contribution in [0.4, 0.5) is 0 Å². The highest BCUT2D eigenvalue weighted by Gasteiger charge is 2.27. The predicted molar refractivity (Wildman–Crippen MR) is 44.5 cm³/mol. The van der Waals surface area contributed by atoms with E-state index in [0.29, 0.717) is 0 Å². The summed E-state index contributed by atoms with van der Waals surface area (Å²) in [5, 5.41) is 0. The highest BCUT2D eigenvalue weighted by Crippen LogP contribution is 2.21. The third kappa shape index (κ3) is 1.05. The minimum Gasteiger partial charge on any atom is -0.290 e. The van der Waals surface area contributed by atoms with Crippen molar-refractivity contribution >= 4 is 11.6 Å². The Hall–Kier alpha value is -1.44. The summed E-state index contributed by atoms with van der Waals surface area (Å²) in [7, 11) is 0. The van der Waals surface area contributed by atoms with Crippen LogP contribution in [0.25, 0.3) is 0 Å². The summed E-state index contributed by atoms with van der Waals surface area (Å²) < 4.78 is 0. The standard InChI is InChI=1S/C10H8O2/c11-9-6-7-3-1-2-4-8(5-7)10(9)12/h1-5,8H,6H2. The second-order valence-electron chi connectivity index (χ2n) is 2.98. The lowest BCUT2D eigenvalue weighted by atomic mass is 9.89. The Morgan fingerprint density at radius 1 is 1.25 bits per heavy atom. The van der Waals surface area contributed by atoms with Gasteiger partial charge in [0.25, 0.3) is 0 Å². The zero-order chi connectivity index (χ0) is 8.55. The minimum atomic E-state index is -0.309. The molecule has 0 saturated heterocycles. The first kappa shape index (κ1) is 7.22. The van der Waals surface area contributed by atoms with E-state index in [-0.39, 0.29) is 23.9 Å². The third-order valence-corrected chi connectivity index (χ3v) is 2.08. The molecule has 60 valence electrons. The van der Waals surface area contributed by atoms with Crippen LogP contribution in [0.15, 0.2) is 36.0 Å². The average molecular weight is 160 g/mol. The van der Waals surface area contributed by atoms with Crippen LogP contribution in [0.1, 0.15) is 6.42 Å². The van der Waals surface area contributed by atoms with Crippen molar-refractivity contribution < 1.29 is 9.59 Å². The Balaban J connectivity index is 2.45. The molecule has 0 aromatic heterocycles. The van der Waals surface area contributed by atoms with Gasteiger partial charge in [0.1, 0.15) is 0 Å². The average Bonchev–Trinajstić information content (AvgIpc) is 2.24. The van der Waals surface area contributed by atoms with E-state index >= 15 is 0 Å². The number of ketones is 2. The van der Waals surface area contributed by atoms with Gasteiger partial charge in [0, 0.05) is 6.42 Å². The van der Waals surface area contributed by atoms with Crippen LogP contribution < -0.4 is 0 Å². The number of allylic oxidation sites excluding steroid dienone is 6. The molecule has 0 fully saturated rings. The normalized spacial score (nSPS) is 27.0. The van der Waals surface area contributed by atoms with Crippen molar-refractivity contribution in [1.29, 1.82) is 0 Å². The van der Waals surface area contributed by atoms with Crippen LogP contribution in [-0.4, -0.2) is 11.6 Å². The Morgan fingerprint density at radius 2 is 2.08 bits per heavy atom. The Bertz CT molecular complexity index is 332. The summed E-state index contributed by atoms with van der Waals surface area (Å²) in [5.74, 6) is -0.858. The topological polar surface area (TPSA) is 34.1 Å². The van der Waals surface area contributed by atoms with Crippen molar-refractivity contribution in [2.24, 2.45) is 5.92 Å².